The number of nitrogen functional groups attached to an aromatic ring is 1. The van der Waals surface area contributed by atoms with Crippen molar-refractivity contribution in [2.24, 2.45) is 5.92 Å². The van der Waals surface area contributed by atoms with Crippen LogP contribution in [0.5, 0.6) is 0 Å². The second kappa shape index (κ2) is 7.88. The number of benzene rings is 1. The van der Waals surface area contributed by atoms with Gasteiger partial charge in [0.1, 0.15) is 4.88 Å². The highest BCUT2D eigenvalue weighted by Gasteiger charge is 2.33. The Kier molecular flexibility index (Phi) is 5.74. The third-order valence-corrected chi connectivity index (χ3v) is 6.03. The highest BCUT2D eigenvalue weighted by molar-refractivity contribution is 7.17. The molecule has 0 unspecified atom stereocenters. The van der Waals surface area contributed by atoms with E-state index in [1.54, 1.807) is 24.0 Å². The number of aryl methyl sites for hydroxylation is 2. The molecule has 0 radical (unpaired) electrons. The SMILES string of the molecule is Cc1nc(N)sc1C(=O)N1CCC(CCc2ccccc2C(F)(F)F)CC1. The van der Waals surface area contributed by atoms with Crippen LogP contribution in [0.4, 0.5) is 18.3 Å². The van der Waals surface area contributed by atoms with Crippen LogP contribution in [0, 0.1) is 12.8 Å². The van der Waals surface area contributed by atoms with Crippen molar-refractivity contribution in [3.8, 4) is 0 Å². The number of hydrogen-bond acceptors (Lipinski definition) is 4. The largest absolute Gasteiger partial charge is 0.416 e. The van der Waals surface area contributed by atoms with E-state index >= 15 is 0 Å². The Morgan fingerprint density at radius 1 is 1.30 bits per heavy atom. The van der Waals surface area contributed by atoms with Gasteiger partial charge in [0.05, 0.1) is 11.3 Å². The molecular weight excluding hydrogens is 375 g/mol. The molecule has 3 rings (SSSR count). The molecule has 1 aromatic carbocycles. The van der Waals surface area contributed by atoms with E-state index in [4.69, 9.17) is 5.73 Å². The van der Waals surface area contributed by atoms with Crippen LogP contribution in [0.2, 0.25) is 0 Å². The minimum Gasteiger partial charge on any atom is -0.375 e. The third-order valence-electron chi connectivity index (χ3n) is 5.05. The summed E-state index contributed by atoms with van der Waals surface area (Å²) in [7, 11) is 0. The molecular formula is C19H22F3N3OS. The van der Waals surface area contributed by atoms with E-state index < -0.39 is 11.7 Å². The van der Waals surface area contributed by atoms with Crippen molar-refractivity contribution >= 4 is 22.4 Å². The maximum atomic E-state index is 13.1. The van der Waals surface area contributed by atoms with Crippen LogP contribution in [-0.2, 0) is 12.6 Å². The number of carbonyl (C=O) groups is 1. The maximum absolute atomic E-state index is 13.1. The molecule has 2 heterocycles. The molecule has 8 heteroatoms. The molecule has 2 N–H and O–H groups in total. The lowest BCUT2D eigenvalue weighted by atomic mass is 9.89. The first-order valence-corrected chi connectivity index (χ1v) is 9.74. The normalized spacial score (nSPS) is 15.9. The number of piperidine rings is 1. The zero-order valence-electron chi connectivity index (χ0n) is 15.1. The molecule has 27 heavy (non-hydrogen) atoms. The Morgan fingerprint density at radius 2 is 1.96 bits per heavy atom. The number of carbonyl (C=O) groups excluding carboxylic acids is 1. The van der Waals surface area contributed by atoms with Crippen molar-refractivity contribution in [3.05, 3.63) is 46.0 Å². The molecule has 4 nitrogen and oxygen atoms in total. The van der Waals surface area contributed by atoms with Gasteiger partial charge in [-0.15, -0.1) is 0 Å². The lowest BCUT2D eigenvalue weighted by Crippen LogP contribution is -2.38. The summed E-state index contributed by atoms with van der Waals surface area (Å²) in [5, 5.41) is 0.383. The van der Waals surface area contributed by atoms with Gasteiger partial charge in [0, 0.05) is 13.1 Å². The summed E-state index contributed by atoms with van der Waals surface area (Å²) in [6.45, 7) is 2.99. The maximum Gasteiger partial charge on any atom is 0.416 e. The number of likely N-dealkylation sites (tertiary alicyclic amines) is 1. The minimum atomic E-state index is -4.32. The Bertz CT molecular complexity index is 811. The van der Waals surface area contributed by atoms with Gasteiger partial charge in [-0.1, -0.05) is 29.5 Å². The molecule has 1 amide bonds. The van der Waals surface area contributed by atoms with E-state index in [1.165, 1.54) is 17.4 Å². The summed E-state index contributed by atoms with van der Waals surface area (Å²) in [5.74, 6) is 0.269. The molecule has 2 aromatic rings. The summed E-state index contributed by atoms with van der Waals surface area (Å²) in [4.78, 5) is 19.0. The summed E-state index contributed by atoms with van der Waals surface area (Å²) in [6.07, 6.45) is -1.62. The number of rotatable bonds is 4. The predicted molar refractivity (Wildman–Crippen MR) is 99.7 cm³/mol. The van der Waals surface area contributed by atoms with Crippen LogP contribution < -0.4 is 5.73 Å². The van der Waals surface area contributed by atoms with Gasteiger partial charge >= 0.3 is 6.18 Å². The van der Waals surface area contributed by atoms with E-state index in [0.29, 0.717) is 53.1 Å². The van der Waals surface area contributed by atoms with Gasteiger partial charge in [-0.3, -0.25) is 4.79 Å². The fourth-order valence-corrected chi connectivity index (χ4v) is 4.36. The number of amides is 1. The van der Waals surface area contributed by atoms with Crippen LogP contribution in [0.1, 0.15) is 45.8 Å². The summed E-state index contributed by atoms with van der Waals surface area (Å²) < 4.78 is 39.3. The molecule has 1 aliphatic heterocycles. The first-order chi connectivity index (χ1) is 12.8. The van der Waals surface area contributed by atoms with Gasteiger partial charge in [0.2, 0.25) is 0 Å². The number of thiazole rings is 1. The Labute approximate surface area is 160 Å². The highest BCUT2D eigenvalue weighted by atomic mass is 32.1. The van der Waals surface area contributed by atoms with Gasteiger partial charge in [-0.2, -0.15) is 13.2 Å². The third kappa shape index (κ3) is 4.61. The number of nitrogens with zero attached hydrogens (tertiary/aromatic N) is 2. The number of alkyl halides is 3. The van der Waals surface area contributed by atoms with Crippen molar-refractivity contribution in [2.75, 3.05) is 18.8 Å². The lowest BCUT2D eigenvalue weighted by Gasteiger charge is -2.32. The molecule has 1 fully saturated rings. The summed E-state index contributed by atoms with van der Waals surface area (Å²) in [6, 6.07) is 5.76. The fraction of sp³-hybridized carbons (Fsp3) is 0.474. The monoisotopic (exact) mass is 397 g/mol. The Hall–Kier alpha value is -2.09. The van der Waals surface area contributed by atoms with E-state index in [-0.39, 0.29) is 5.91 Å². The predicted octanol–water partition coefficient (Wildman–Crippen LogP) is 4.54. The quantitative estimate of drug-likeness (QED) is 0.824. The van der Waals surface area contributed by atoms with Crippen LogP contribution in [0.3, 0.4) is 0 Å². The van der Waals surface area contributed by atoms with Crippen LogP contribution >= 0.6 is 11.3 Å². The van der Waals surface area contributed by atoms with Crippen LogP contribution in [-0.4, -0.2) is 28.9 Å². The minimum absolute atomic E-state index is 0.0532. The average Bonchev–Trinajstić information content (AvgIpc) is 2.97. The standard InChI is InChI=1S/C19H22F3N3OS/c1-12-16(27-18(23)24-12)17(26)25-10-8-13(9-11-25)6-7-14-4-2-3-5-15(14)19(20,21)22/h2-5,13H,6-11H2,1H3,(H2,23,24). The van der Waals surface area contributed by atoms with Crippen molar-refractivity contribution < 1.29 is 18.0 Å². The van der Waals surface area contributed by atoms with E-state index in [2.05, 4.69) is 4.98 Å². The van der Waals surface area contributed by atoms with E-state index in [1.807, 2.05) is 0 Å². The van der Waals surface area contributed by atoms with E-state index in [0.717, 1.165) is 18.9 Å². The van der Waals surface area contributed by atoms with Crippen molar-refractivity contribution in [1.82, 2.24) is 9.88 Å². The topological polar surface area (TPSA) is 59.2 Å². The zero-order chi connectivity index (χ0) is 19.6. The van der Waals surface area contributed by atoms with Crippen LogP contribution in [0.15, 0.2) is 24.3 Å². The number of anilines is 1. The number of aromatic nitrogens is 1. The molecule has 1 aliphatic rings. The summed E-state index contributed by atoms with van der Waals surface area (Å²) >= 11 is 1.20. The fourth-order valence-electron chi connectivity index (χ4n) is 3.56. The van der Waals surface area contributed by atoms with Gasteiger partial charge < -0.3 is 10.6 Å². The first-order valence-electron chi connectivity index (χ1n) is 8.93. The molecule has 146 valence electrons. The highest BCUT2D eigenvalue weighted by Crippen LogP contribution is 2.33. The van der Waals surface area contributed by atoms with Crippen molar-refractivity contribution in [1.29, 1.82) is 0 Å². The van der Waals surface area contributed by atoms with E-state index in [9.17, 15) is 18.0 Å². The summed E-state index contributed by atoms with van der Waals surface area (Å²) in [5.41, 5.74) is 6.11. The van der Waals surface area contributed by atoms with Gasteiger partial charge in [0.25, 0.3) is 5.91 Å². The first kappa shape index (κ1) is 19.7. The Morgan fingerprint density at radius 3 is 2.56 bits per heavy atom. The average molecular weight is 397 g/mol. The molecule has 0 spiro atoms. The van der Waals surface area contributed by atoms with Crippen molar-refractivity contribution in [3.63, 3.8) is 0 Å². The molecule has 0 aliphatic carbocycles. The zero-order valence-corrected chi connectivity index (χ0v) is 15.9. The molecule has 1 saturated heterocycles. The van der Waals surface area contributed by atoms with Crippen LogP contribution in [0.25, 0.3) is 0 Å². The van der Waals surface area contributed by atoms with Gasteiger partial charge in [0.15, 0.2) is 5.13 Å². The Balaban J connectivity index is 1.55. The lowest BCUT2D eigenvalue weighted by molar-refractivity contribution is -0.138. The molecule has 0 atom stereocenters. The number of halogens is 3. The smallest absolute Gasteiger partial charge is 0.375 e. The van der Waals surface area contributed by atoms with Crippen molar-refractivity contribution in [2.45, 2.75) is 38.8 Å². The molecule has 0 bridgehead atoms. The number of hydrogen-bond donors (Lipinski definition) is 1. The van der Waals surface area contributed by atoms with Gasteiger partial charge in [-0.25, -0.2) is 4.98 Å². The molecule has 1 aromatic heterocycles. The van der Waals surface area contributed by atoms with Gasteiger partial charge in [-0.05, 0) is 50.2 Å². The molecule has 0 saturated carbocycles. The number of nitrogens with two attached hydrogens (primary N) is 1. The second-order valence-electron chi connectivity index (χ2n) is 6.90. The second-order valence-corrected chi connectivity index (χ2v) is 7.93.